The summed E-state index contributed by atoms with van der Waals surface area (Å²) in [4.78, 5) is 22.3. The first kappa shape index (κ1) is 15.8. The number of primary amides is 1. The number of benzene rings is 1. The van der Waals surface area contributed by atoms with Gasteiger partial charge in [-0.15, -0.1) is 0 Å². The Morgan fingerprint density at radius 2 is 1.85 bits per heavy atom. The van der Waals surface area contributed by atoms with E-state index in [4.69, 9.17) is 5.73 Å². The van der Waals surface area contributed by atoms with E-state index >= 15 is 0 Å². The van der Waals surface area contributed by atoms with E-state index in [1.807, 2.05) is 5.32 Å². The fourth-order valence-electron chi connectivity index (χ4n) is 1.40. The summed E-state index contributed by atoms with van der Waals surface area (Å²) in [5, 5.41) is 2.00. The first-order valence-corrected chi connectivity index (χ1v) is 5.61. The molecule has 0 saturated carbocycles. The number of amides is 2. The molecular weight excluding hydrogens is 277 g/mol. The zero-order chi connectivity index (χ0) is 15.2. The molecule has 1 rings (SSSR count). The molecule has 0 aliphatic rings. The zero-order valence-electron chi connectivity index (χ0n) is 10.3. The fraction of sp³-hybridized carbons (Fsp3) is 0.333. The van der Waals surface area contributed by atoms with Crippen molar-refractivity contribution in [3.63, 3.8) is 0 Å². The van der Waals surface area contributed by atoms with Crippen LogP contribution in [0.1, 0.15) is 5.56 Å². The van der Waals surface area contributed by atoms with Gasteiger partial charge in [0.25, 0.3) is 0 Å². The molecular formula is C12H13F3N2O3. The van der Waals surface area contributed by atoms with Gasteiger partial charge in [0.2, 0.25) is 5.91 Å². The molecule has 1 aromatic carbocycles. The SMILES string of the molecule is NC(=O)C(Cc1ccccc1)NC(=O)OCC(F)(F)F. The van der Waals surface area contributed by atoms with E-state index < -0.39 is 30.8 Å². The van der Waals surface area contributed by atoms with Crippen LogP contribution in [0.4, 0.5) is 18.0 Å². The highest BCUT2D eigenvalue weighted by Gasteiger charge is 2.30. The van der Waals surface area contributed by atoms with Crippen LogP contribution in [-0.2, 0) is 16.0 Å². The summed E-state index contributed by atoms with van der Waals surface area (Å²) in [5.74, 6) is -0.863. The highest BCUT2D eigenvalue weighted by molar-refractivity contribution is 5.84. The van der Waals surface area contributed by atoms with Crippen LogP contribution in [0.25, 0.3) is 0 Å². The van der Waals surface area contributed by atoms with Crippen LogP contribution in [-0.4, -0.2) is 30.8 Å². The van der Waals surface area contributed by atoms with Gasteiger partial charge in [0.05, 0.1) is 0 Å². The molecule has 0 spiro atoms. The summed E-state index contributed by atoms with van der Waals surface area (Å²) in [7, 11) is 0. The number of halogens is 3. The van der Waals surface area contributed by atoms with Gasteiger partial charge in [-0.25, -0.2) is 4.79 Å². The van der Waals surface area contributed by atoms with Crippen molar-refractivity contribution in [2.24, 2.45) is 5.73 Å². The molecule has 0 aromatic heterocycles. The van der Waals surface area contributed by atoms with Crippen LogP contribution < -0.4 is 11.1 Å². The molecule has 5 nitrogen and oxygen atoms in total. The van der Waals surface area contributed by atoms with E-state index in [9.17, 15) is 22.8 Å². The maximum atomic E-state index is 11.9. The Labute approximate surface area is 112 Å². The third-order valence-electron chi connectivity index (χ3n) is 2.29. The second-order valence-electron chi connectivity index (χ2n) is 3.98. The lowest BCUT2D eigenvalue weighted by Gasteiger charge is -2.16. The van der Waals surface area contributed by atoms with E-state index in [1.54, 1.807) is 30.3 Å². The number of alkyl carbamates (subject to hydrolysis) is 1. The highest BCUT2D eigenvalue weighted by Crippen LogP contribution is 2.14. The number of carbonyl (C=O) groups excluding carboxylic acids is 2. The summed E-state index contributed by atoms with van der Waals surface area (Å²) in [6, 6.07) is 7.44. The molecule has 0 fully saturated rings. The summed E-state index contributed by atoms with van der Waals surface area (Å²) in [6.07, 6.45) is -5.90. The Balaban J connectivity index is 2.55. The second-order valence-corrected chi connectivity index (χ2v) is 3.98. The molecule has 0 heterocycles. The highest BCUT2D eigenvalue weighted by atomic mass is 19.4. The van der Waals surface area contributed by atoms with Crippen LogP contribution in [0.15, 0.2) is 30.3 Å². The van der Waals surface area contributed by atoms with Crippen LogP contribution in [0, 0.1) is 0 Å². The molecule has 1 unspecified atom stereocenters. The van der Waals surface area contributed by atoms with Crippen molar-refractivity contribution in [1.82, 2.24) is 5.32 Å². The second kappa shape index (κ2) is 6.78. The van der Waals surface area contributed by atoms with Gasteiger partial charge >= 0.3 is 12.3 Å². The lowest BCUT2D eigenvalue weighted by atomic mass is 10.1. The first-order chi connectivity index (χ1) is 9.28. The van der Waals surface area contributed by atoms with Gasteiger partial charge in [-0.2, -0.15) is 13.2 Å². The average molecular weight is 290 g/mol. The van der Waals surface area contributed by atoms with Gasteiger partial charge in [-0.3, -0.25) is 4.79 Å². The smallest absolute Gasteiger partial charge is 0.422 e. The molecule has 1 aromatic rings. The topological polar surface area (TPSA) is 81.4 Å². The van der Waals surface area contributed by atoms with Crippen LogP contribution >= 0.6 is 0 Å². The number of hydrogen-bond acceptors (Lipinski definition) is 3. The number of hydrogen-bond donors (Lipinski definition) is 2. The maximum Gasteiger partial charge on any atom is 0.422 e. The van der Waals surface area contributed by atoms with Crippen molar-refractivity contribution in [2.75, 3.05) is 6.61 Å². The minimum Gasteiger partial charge on any atom is -0.440 e. The first-order valence-electron chi connectivity index (χ1n) is 5.61. The van der Waals surface area contributed by atoms with E-state index in [0.717, 1.165) is 0 Å². The van der Waals surface area contributed by atoms with Gasteiger partial charge in [0.15, 0.2) is 6.61 Å². The monoisotopic (exact) mass is 290 g/mol. The molecule has 0 aliphatic carbocycles. The minimum atomic E-state index is -4.63. The standard InChI is InChI=1S/C12H13F3N2O3/c13-12(14,15)7-20-11(19)17-9(10(16)18)6-8-4-2-1-3-5-8/h1-5,9H,6-7H2,(H2,16,18)(H,17,19). The summed E-state index contributed by atoms with van der Waals surface area (Å²) < 4.78 is 39.5. The Morgan fingerprint density at radius 3 is 2.35 bits per heavy atom. The maximum absolute atomic E-state index is 11.9. The van der Waals surface area contributed by atoms with Crippen LogP contribution in [0.3, 0.4) is 0 Å². The van der Waals surface area contributed by atoms with Crippen molar-refractivity contribution in [3.8, 4) is 0 Å². The number of alkyl halides is 3. The third kappa shape index (κ3) is 6.07. The fourth-order valence-corrected chi connectivity index (χ4v) is 1.40. The van der Waals surface area contributed by atoms with Crippen molar-refractivity contribution in [2.45, 2.75) is 18.6 Å². The Morgan fingerprint density at radius 1 is 1.25 bits per heavy atom. The Bertz CT molecular complexity index is 463. The molecule has 110 valence electrons. The molecule has 0 aliphatic heterocycles. The molecule has 8 heteroatoms. The number of ether oxygens (including phenoxy) is 1. The van der Waals surface area contributed by atoms with Crippen LogP contribution in [0.5, 0.6) is 0 Å². The van der Waals surface area contributed by atoms with Gasteiger partial charge < -0.3 is 15.8 Å². The number of carbonyl (C=O) groups is 2. The van der Waals surface area contributed by atoms with Gasteiger partial charge in [-0.05, 0) is 5.56 Å². The van der Waals surface area contributed by atoms with Crippen molar-refractivity contribution < 1.29 is 27.5 Å². The van der Waals surface area contributed by atoms with Crippen molar-refractivity contribution in [3.05, 3.63) is 35.9 Å². The van der Waals surface area contributed by atoms with Crippen molar-refractivity contribution >= 4 is 12.0 Å². The average Bonchev–Trinajstić information content (AvgIpc) is 2.36. The molecule has 1 atom stereocenters. The summed E-state index contributed by atoms with van der Waals surface area (Å²) in [6.45, 7) is -1.73. The molecule has 0 bridgehead atoms. The molecule has 3 N–H and O–H groups in total. The molecule has 2 amide bonds. The van der Waals surface area contributed by atoms with Crippen molar-refractivity contribution in [1.29, 1.82) is 0 Å². The molecule has 0 radical (unpaired) electrons. The largest absolute Gasteiger partial charge is 0.440 e. The van der Waals surface area contributed by atoms with Gasteiger partial charge in [0, 0.05) is 6.42 Å². The predicted octanol–water partition coefficient (Wildman–Crippen LogP) is 1.37. The Hall–Kier alpha value is -2.25. The van der Waals surface area contributed by atoms with E-state index in [0.29, 0.717) is 5.56 Å². The number of rotatable bonds is 5. The quantitative estimate of drug-likeness (QED) is 0.859. The summed E-state index contributed by atoms with van der Waals surface area (Å²) >= 11 is 0. The lowest BCUT2D eigenvalue weighted by Crippen LogP contribution is -2.46. The summed E-state index contributed by atoms with van der Waals surface area (Å²) in [5.41, 5.74) is 5.78. The number of nitrogens with one attached hydrogen (secondary N) is 1. The lowest BCUT2D eigenvalue weighted by molar-refractivity contribution is -0.160. The van der Waals surface area contributed by atoms with E-state index in [2.05, 4.69) is 4.74 Å². The van der Waals surface area contributed by atoms with Crippen LogP contribution in [0.2, 0.25) is 0 Å². The van der Waals surface area contributed by atoms with Gasteiger partial charge in [0.1, 0.15) is 6.04 Å². The Kier molecular flexibility index (Phi) is 5.36. The zero-order valence-corrected chi connectivity index (χ0v) is 10.3. The molecule has 0 saturated heterocycles. The van der Waals surface area contributed by atoms with E-state index in [-0.39, 0.29) is 6.42 Å². The van der Waals surface area contributed by atoms with Gasteiger partial charge in [-0.1, -0.05) is 30.3 Å². The predicted molar refractivity (Wildman–Crippen MR) is 63.7 cm³/mol. The third-order valence-corrected chi connectivity index (χ3v) is 2.29. The normalized spacial score (nSPS) is 12.6. The van der Waals surface area contributed by atoms with E-state index in [1.165, 1.54) is 0 Å². The number of nitrogens with two attached hydrogens (primary N) is 1. The minimum absolute atomic E-state index is 0.0668. The molecule has 20 heavy (non-hydrogen) atoms.